The van der Waals surface area contributed by atoms with E-state index in [0.29, 0.717) is 12.4 Å². The third-order valence-electron chi connectivity index (χ3n) is 4.41. The van der Waals surface area contributed by atoms with Crippen molar-refractivity contribution in [2.75, 3.05) is 19.7 Å². The maximum atomic E-state index is 10.8. The lowest BCUT2D eigenvalue weighted by molar-refractivity contribution is -0.384. The Hall–Kier alpha value is -2.34. The standard InChI is InChI=1S/C18H22N2O4/c21-20(22)15-6-4-7-16(14-15)23-13-11-19-10-3-1-2-8-17(19)18-9-5-12-24-18/h4-7,9,12,14,17H,1-3,8,10-11,13H2. The van der Waals surface area contributed by atoms with E-state index in [0.717, 1.165) is 25.3 Å². The zero-order chi connectivity index (χ0) is 16.8. The highest BCUT2D eigenvalue weighted by Gasteiger charge is 2.24. The zero-order valence-corrected chi connectivity index (χ0v) is 13.6. The van der Waals surface area contributed by atoms with E-state index in [2.05, 4.69) is 4.90 Å². The molecule has 0 amide bonds. The molecule has 0 aliphatic carbocycles. The molecule has 1 unspecified atom stereocenters. The smallest absolute Gasteiger partial charge is 0.273 e. The summed E-state index contributed by atoms with van der Waals surface area (Å²) in [5, 5.41) is 10.8. The van der Waals surface area contributed by atoms with E-state index in [1.807, 2.05) is 12.1 Å². The first-order valence-corrected chi connectivity index (χ1v) is 8.39. The summed E-state index contributed by atoms with van der Waals surface area (Å²) >= 11 is 0. The lowest BCUT2D eigenvalue weighted by atomic mass is 10.1. The summed E-state index contributed by atoms with van der Waals surface area (Å²) in [5.41, 5.74) is 0.0516. The fourth-order valence-corrected chi connectivity index (χ4v) is 3.21. The van der Waals surface area contributed by atoms with Crippen LogP contribution in [0.5, 0.6) is 5.75 Å². The highest BCUT2D eigenvalue weighted by atomic mass is 16.6. The van der Waals surface area contributed by atoms with Gasteiger partial charge in [-0.2, -0.15) is 0 Å². The maximum absolute atomic E-state index is 10.8. The van der Waals surface area contributed by atoms with Crippen molar-refractivity contribution in [3.63, 3.8) is 0 Å². The molecule has 0 radical (unpaired) electrons. The van der Waals surface area contributed by atoms with Gasteiger partial charge in [-0.15, -0.1) is 0 Å². The number of hydrogen-bond acceptors (Lipinski definition) is 5. The number of hydrogen-bond donors (Lipinski definition) is 0. The molecule has 6 heteroatoms. The second-order valence-corrected chi connectivity index (χ2v) is 6.02. The van der Waals surface area contributed by atoms with Crippen molar-refractivity contribution in [2.45, 2.75) is 31.7 Å². The van der Waals surface area contributed by atoms with Crippen LogP contribution in [0.2, 0.25) is 0 Å². The fraction of sp³-hybridized carbons (Fsp3) is 0.444. The summed E-state index contributed by atoms with van der Waals surface area (Å²) in [6, 6.07) is 10.6. The molecule has 1 aliphatic heterocycles. The molecule has 1 atom stereocenters. The number of ether oxygens (including phenoxy) is 1. The molecule has 1 aromatic heterocycles. The van der Waals surface area contributed by atoms with E-state index in [4.69, 9.17) is 9.15 Å². The normalized spacial score (nSPS) is 18.9. The molecule has 24 heavy (non-hydrogen) atoms. The number of non-ortho nitro benzene ring substituents is 1. The van der Waals surface area contributed by atoms with Crippen molar-refractivity contribution < 1.29 is 14.1 Å². The summed E-state index contributed by atoms with van der Waals surface area (Å²) < 4.78 is 11.3. The number of furan rings is 1. The van der Waals surface area contributed by atoms with Gasteiger partial charge in [0.25, 0.3) is 5.69 Å². The maximum Gasteiger partial charge on any atom is 0.273 e. The Morgan fingerprint density at radius 3 is 2.96 bits per heavy atom. The van der Waals surface area contributed by atoms with Gasteiger partial charge in [-0.1, -0.05) is 18.9 Å². The second-order valence-electron chi connectivity index (χ2n) is 6.02. The van der Waals surface area contributed by atoms with Gasteiger partial charge in [0.05, 0.1) is 23.3 Å². The molecule has 0 saturated carbocycles. The Kier molecular flexibility index (Phi) is 5.48. The summed E-state index contributed by atoms with van der Waals surface area (Å²) in [6.45, 7) is 2.29. The topological polar surface area (TPSA) is 68.8 Å². The van der Waals surface area contributed by atoms with Crippen LogP contribution in [0, 0.1) is 10.1 Å². The van der Waals surface area contributed by atoms with E-state index in [1.165, 1.54) is 31.4 Å². The van der Waals surface area contributed by atoms with Crippen LogP contribution in [0.4, 0.5) is 5.69 Å². The lowest BCUT2D eigenvalue weighted by Gasteiger charge is -2.28. The van der Waals surface area contributed by atoms with Crippen molar-refractivity contribution in [1.82, 2.24) is 4.90 Å². The van der Waals surface area contributed by atoms with Crippen LogP contribution in [0.25, 0.3) is 0 Å². The van der Waals surface area contributed by atoms with Gasteiger partial charge in [0.1, 0.15) is 18.1 Å². The Balaban J connectivity index is 1.59. The molecule has 0 bridgehead atoms. The number of rotatable bonds is 6. The quantitative estimate of drug-likeness (QED) is 0.587. The molecule has 1 fully saturated rings. The molecule has 1 aromatic carbocycles. The second kappa shape index (κ2) is 7.97. The van der Waals surface area contributed by atoms with Crippen molar-refractivity contribution >= 4 is 5.69 Å². The van der Waals surface area contributed by atoms with Crippen LogP contribution in [0.3, 0.4) is 0 Å². The third-order valence-corrected chi connectivity index (χ3v) is 4.41. The molecule has 1 aliphatic rings. The molecule has 6 nitrogen and oxygen atoms in total. The SMILES string of the molecule is O=[N+]([O-])c1cccc(OCCN2CCCCCC2c2ccco2)c1. The van der Waals surface area contributed by atoms with E-state index in [1.54, 1.807) is 18.4 Å². The molecule has 1 saturated heterocycles. The molecule has 0 N–H and O–H groups in total. The van der Waals surface area contributed by atoms with Gasteiger partial charge in [0.15, 0.2) is 0 Å². The number of likely N-dealkylation sites (tertiary alicyclic amines) is 1. The largest absolute Gasteiger partial charge is 0.492 e. The Morgan fingerprint density at radius 1 is 1.25 bits per heavy atom. The minimum Gasteiger partial charge on any atom is -0.492 e. The minimum atomic E-state index is -0.408. The summed E-state index contributed by atoms with van der Waals surface area (Å²) in [6.07, 6.45) is 6.42. The van der Waals surface area contributed by atoms with Crippen LogP contribution in [-0.4, -0.2) is 29.5 Å². The zero-order valence-electron chi connectivity index (χ0n) is 13.6. The van der Waals surface area contributed by atoms with Gasteiger partial charge >= 0.3 is 0 Å². The predicted molar refractivity (Wildman–Crippen MR) is 90.1 cm³/mol. The number of nitro benzene ring substituents is 1. The average molecular weight is 330 g/mol. The summed E-state index contributed by atoms with van der Waals surface area (Å²) in [5.74, 6) is 1.54. The van der Waals surface area contributed by atoms with Gasteiger partial charge in [0.2, 0.25) is 0 Å². The van der Waals surface area contributed by atoms with Gasteiger partial charge in [-0.3, -0.25) is 15.0 Å². The fourth-order valence-electron chi connectivity index (χ4n) is 3.21. The average Bonchev–Trinajstić information content (AvgIpc) is 3.02. The van der Waals surface area contributed by atoms with E-state index in [-0.39, 0.29) is 11.7 Å². The first-order chi connectivity index (χ1) is 11.7. The van der Waals surface area contributed by atoms with E-state index < -0.39 is 4.92 Å². The molecule has 128 valence electrons. The third kappa shape index (κ3) is 4.14. The molecule has 0 spiro atoms. The number of benzene rings is 1. The van der Waals surface area contributed by atoms with Crippen molar-refractivity contribution in [3.8, 4) is 5.75 Å². The lowest BCUT2D eigenvalue weighted by Crippen LogP contribution is -2.32. The Labute approximate surface area is 141 Å². The number of nitrogens with zero attached hydrogens (tertiary/aromatic N) is 2. The highest BCUT2D eigenvalue weighted by molar-refractivity contribution is 5.37. The minimum absolute atomic E-state index is 0.0516. The first kappa shape index (κ1) is 16.5. The first-order valence-electron chi connectivity index (χ1n) is 8.39. The van der Waals surface area contributed by atoms with E-state index >= 15 is 0 Å². The highest BCUT2D eigenvalue weighted by Crippen LogP contribution is 2.30. The summed E-state index contributed by atoms with van der Waals surface area (Å²) in [7, 11) is 0. The van der Waals surface area contributed by atoms with Gasteiger partial charge in [-0.05, 0) is 37.6 Å². The molecule has 3 rings (SSSR count). The molecule has 2 aromatic rings. The molecular formula is C18H22N2O4. The molecule has 2 heterocycles. The Morgan fingerprint density at radius 2 is 2.17 bits per heavy atom. The van der Waals surface area contributed by atoms with Gasteiger partial charge in [-0.25, -0.2) is 0 Å². The van der Waals surface area contributed by atoms with Crippen molar-refractivity contribution in [1.29, 1.82) is 0 Å². The van der Waals surface area contributed by atoms with Crippen LogP contribution in [-0.2, 0) is 0 Å². The monoisotopic (exact) mass is 330 g/mol. The van der Waals surface area contributed by atoms with Gasteiger partial charge < -0.3 is 9.15 Å². The predicted octanol–water partition coefficient (Wildman–Crippen LogP) is 4.18. The van der Waals surface area contributed by atoms with Gasteiger partial charge in [0, 0.05) is 12.6 Å². The van der Waals surface area contributed by atoms with Crippen LogP contribution >= 0.6 is 0 Å². The van der Waals surface area contributed by atoms with Crippen LogP contribution in [0.15, 0.2) is 47.1 Å². The Bertz CT molecular complexity index is 657. The van der Waals surface area contributed by atoms with Crippen molar-refractivity contribution in [2.24, 2.45) is 0 Å². The van der Waals surface area contributed by atoms with Crippen molar-refractivity contribution in [3.05, 3.63) is 58.5 Å². The summed E-state index contributed by atoms with van der Waals surface area (Å²) in [4.78, 5) is 12.8. The van der Waals surface area contributed by atoms with Crippen LogP contribution in [0.1, 0.15) is 37.5 Å². The van der Waals surface area contributed by atoms with Crippen LogP contribution < -0.4 is 4.74 Å². The molecular weight excluding hydrogens is 308 g/mol. The van der Waals surface area contributed by atoms with E-state index in [9.17, 15) is 10.1 Å². The number of nitro groups is 1.